The monoisotopic (exact) mass is 453 g/mol. The molecule has 3 N–H and O–H groups in total. The fourth-order valence-electron chi connectivity index (χ4n) is 4.02. The van der Waals surface area contributed by atoms with Crippen LogP contribution in [0.15, 0.2) is 42.9 Å². The van der Waals surface area contributed by atoms with Gasteiger partial charge in [0.05, 0.1) is 24.4 Å². The van der Waals surface area contributed by atoms with Crippen molar-refractivity contribution >= 4 is 28.6 Å². The number of halogens is 2. The molecule has 0 bridgehead atoms. The number of piperazine rings is 1. The third kappa shape index (κ3) is 4.81. The number of nitrogens with two attached hydrogens (primary N) is 1. The summed E-state index contributed by atoms with van der Waals surface area (Å²) in [5, 5.41) is 7.75. The van der Waals surface area contributed by atoms with Gasteiger partial charge >= 0.3 is 0 Å². The summed E-state index contributed by atoms with van der Waals surface area (Å²) < 4.78 is 33.0. The Kier molecular flexibility index (Phi) is 6.85. The van der Waals surface area contributed by atoms with Crippen molar-refractivity contribution in [2.24, 2.45) is 5.73 Å². The number of hydrogen-bond donors (Lipinski definition) is 2. The number of nitrogens with zero attached hydrogens (tertiary/aromatic N) is 5. The van der Waals surface area contributed by atoms with E-state index in [9.17, 15) is 8.78 Å². The van der Waals surface area contributed by atoms with Crippen LogP contribution in [0.2, 0.25) is 0 Å². The summed E-state index contributed by atoms with van der Waals surface area (Å²) in [7, 11) is 1.62. The average Bonchev–Trinajstić information content (AvgIpc) is 2.82. The van der Waals surface area contributed by atoms with Gasteiger partial charge in [0, 0.05) is 69.1 Å². The molecule has 1 aliphatic heterocycles. The Morgan fingerprint density at radius 3 is 2.82 bits per heavy atom. The second kappa shape index (κ2) is 9.97. The lowest BCUT2D eigenvalue weighted by Gasteiger charge is -2.42. The Labute approximate surface area is 190 Å². The van der Waals surface area contributed by atoms with Crippen molar-refractivity contribution in [2.45, 2.75) is 12.6 Å². The van der Waals surface area contributed by atoms with E-state index in [1.807, 2.05) is 0 Å². The van der Waals surface area contributed by atoms with Gasteiger partial charge in [-0.15, -0.1) is 0 Å². The number of methoxy groups -OCH3 is 1. The standard InChI is InChI=1S/C23H25F2N7O/c1-33-14-18-13-32(7-6-31(18)12-15-2-3-17(24)8-19(15)25)23-22(16(9-26)10-27)29-21-11-28-5-4-20(21)30-23/h2-5,8-11,18,26H,6-7,12-14,27H2,1H3/b16-10+,26-9?. The Morgan fingerprint density at radius 1 is 1.24 bits per heavy atom. The molecular formula is C23H25F2N7O. The van der Waals surface area contributed by atoms with Gasteiger partial charge in [0.1, 0.15) is 22.8 Å². The first kappa shape index (κ1) is 22.7. The number of benzene rings is 1. The summed E-state index contributed by atoms with van der Waals surface area (Å²) in [4.78, 5) is 17.8. The van der Waals surface area contributed by atoms with Crippen molar-refractivity contribution in [3.05, 3.63) is 65.8 Å². The third-order valence-electron chi connectivity index (χ3n) is 5.71. The molecular weight excluding hydrogens is 428 g/mol. The molecule has 0 spiro atoms. The molecule has 3 aromatic rings. The summed E-state index contributed by atoms with van der Waals surface area (Å²) in [5.41, 5.74) is 8.43. The second-order valence-corrected chi connectivity index (χ2v) is 7.79. The van der Waals surface area contributed by atoms with Crippen LogP contribution in [-0.4, -0.2) is 65.5 Å². The lowest BCUT2D eigenvalue weighted by atomic mass is 10.1. The summed E-state index contributed by atoms with van der Waals surface area (Å²) in [6.45, 7) is 2.50. The fourth-order valence-corrected chi connectivity index (χ4v) is 4.02. The van der Waals surface area contributed by atoms with E-state index in [4.69, 9.17) is 20.9 Å². The molecule has 1 unspecified atom stereocenters. The normalized spacial score (nSPS) is 17.5. The van der Waals surface area contributed by atoms with Gasteiger partial charge in [-0.25, -0.2) is 18.7 Å². The molecule has 172 valence electrons. The molecule has 10 heteroatoms. The summed E-state index contributed by atoms with van der Waals surface area (Å²) >= 11 is 0. The van der Waals surface area contributed by atoms with Crippen molar-refractivity contribution in [3.63, 3.8) is 0 Å². The molecule has 4 rings (SSSR count). The first-order chi connectivity index (χ1) is 16.0. The predicted octanol–water partition coefficient (Wildman–Crippen LogP) is 2.59. The zero-order chi connectivity index (χ0) is 23.4. The maximum atomic E-state index is 14.3. The van der Waals surface area contributed by atoms with Crippen LogP contribution < -0.4 is 10.6 Å². The van der Waals surface area contributed by atoms with Crippen molar-refractivity contribution < 1.29 is 13.5 Å². The molecule has 0 amide bonds. The van der Waals surface area contributed by atoms with Crippen LogP contribution >= 0.6 is 0 Å². The van der Waals surface area contributed by atoms with Gasteiger partial charge in [-0.3, -0.25) is 9.88 Å². The first-order valence-electron chi connectivity index (χ1n) is 10.5. The summed E-state index contributed by atoms with van der Waals surface area (Å²) in [6, 6.07) is 5.36. The van der Waals surface area contributed by atoms with Gasteiger partial charge in [0.15, 0.2) is 5.82 Å². The molecule has 0 saturated carbocycles. The smallest absolute Gasteiger partial charge is 0.156 e. The number of anilines is 1. The molecule has 8 nitrogen and oxygen atoms in total. The minimum atomic E-state index is -0.595. The number of allylic oxidation sites excluding steroid dienone is 1. The number of pyridine rings is 1. The SMILES string of the molecule is COCC1CN(c2nc3ccncc3nc2/C(C=N)=C/N)CCN1Cc1ccc(F)cc1F. The fraction of sp³-hybridized carbons (Fsp3) is 0.304. The van der Waals surface area contributed by atoms with Crippen LogP contribution in [-0.2, 0) is 11.3 Å². The molecule has 0 aliphatic carbocycles. The maximum absolute atomic E-state index is 14.3. The van der Waals surface area contributed by atoms with Crippen LogP contribution in [0.3, 0.4) is 0 Å². The van der Waals surface area contributed by atoms with Gasteiger partial charge in [-0.1, -0.05) is 6.07 Å². The van der Waals surface area contributed by atoms with Gasteiger partial charge in [0.2, 0.25) is 0 Å². The van der Waals surface area contributed by atoms with Crippen LogP contribution in [0.5, 0.6) is 0 Å². The highest BCUT2D eigenvalue weighted by atomic mass is 19.1. The van der Waals surface area contributed by atoms with Crippen LogP contribution in [0, 0.1) is 17.0 Å². The number of nitrogens with one attached hydrogen (secondary N) is 1. The van der Waals surface area contributed by atoms with E-state index >= 15 is 0 Å². The van der Waals surface area contributed by atoms with Crippen molar-refractivity contribution in [3.8, 4) is 0 Å². The van der Waals surface area contributed by atoms with Crippen molar-refractivity contribution in [2.75, 3.05) is 38.3 Å². The van der Waals surface area contributed by atoms with E-state index in [1.54, 1.807) is 25.6 Å². The minimum Gasteiger partial charge on any atom is -0.404 e. The lowest BCUT2D eigenvalue weighted by Crippen LogP contribution is -2.55. The van der Waals surface area contributed by atoms with E-state index < -0.39 is 11.6 Å². The molecule has 1 aromatic carbocycles. The number of ether oxygens (including phenoxy) is 1. The van der Waals surface area contributed by atoms with E-state index in [0.29, 0.717) is 66.5 Å². The molecule has 1 atom stereocenters. The molecule has 2 aromatic heterocycles. The molecule has 3 heterocycles. The second-order valence-electron chi connectivity index (χ2n) is 7.79. The van der Waals surface area contributed by atoms with Crippen molar-refractivity contribution in [1.29, 1.82) is 5.41 Å². The zero-order valence-corrected chi connectivity index (χ0v) is 18.2. The van der Waals surface area contributed by atoms with Gasteiger partial charge in [0.25, 0.3) is 0 Å². The first-order valence-corrected chi connectivity index (χ1v) is 10.5. The van der Waals surface area contributed by atoms with Gasteiger partial charge < -0.3 is 20.8 Å². The Balaban J connectivity index is 1.65. The maximum Gasteiger partial charge on any atom is 0.156 e. The van der Waals surface area contributed by atoms with Crippen LogP contribution in [0.1, 0.15) is 11.3 Å². The van der Waals surface area contributed by atoms with Crippen LogP contribution in [0.25, 0.3) is 16.6 Å². The van der Waals surface area contributed by atoms with Gasteiger partial charge in [-0.2, -0.15) is 0 Å². The number of rotatable bonds is 7. The Hall–Kier alpha value is -3.50. The van der Waals surface area contributed by atoms with E-state index in [0.717, 1.165) is 12.3 Å². The van der Waals surface area contributed by atoms with E-state index in [2.05, 4.69) is 19.8 Å². The zero-order valence-electron chi connectivity index (χ0n) is 18.2. The van der Waals surface area contributed by atoms with E-state index in [1.165, 1.54) is 18.3 Å². The minimum absolute atomic E-state index is 0.0683. The topological polar surface area (TPSA) is 104 Å². The summed E-state index contributed by atoms with van der Waals surface area (Å²) in [5.74, 6) is -0.543. The van der Waals surface area contributed by atoms with Gasteiger partial charge in [-0.05, 0) is 12.1 Å². The van der Waals surface area contributed by atoms with E-state index in [-0.39, 0.29) is 6.04 Å². The highest BCUT2D eigenvalue weighted by Crippen LogP contribution is 2.28. The quantitative estimate of drug-likeness (QED) is 0.530. The largest absolute Gasteiger partial charge is 0.404 e. The summed E-state index contributed by atoms with van der Waals surface area (Å²) in [6.07, 6.45) is 5.76. The lowest BCUT2D eigenvalue weighted by molar-refractivity contribution is 0.0759. The number of hydrogen-bond acceptors (Lipinski definition) is 8. The van der Waals surface area contributed by atoms with Crippen LogP contribution in [0.4, 0.5) is 14.6 Å². The predicted molar refractivity (Wildman–Crippen MR) is 123 cm³/mol. The molecule has 1 fully saturated rings. The Morgan fingerprint density at radius 2 is 2.09 bits per heavy atom. The Bertz CT molecular complexity index is 1190. The molecule has 33 heavy (non-hydrogen) atoms. The molecule has 1 aliphatic rings. The third-order valence-corrected chi connectivity index (χ3v) is 5.71. The number of fused-ring (bicyclic) bond motifs is 1. The highest BCUT2D eigenvalue weighted by molar-refractivity contribution is 6.09. The highest BCUT2D eigenvalue weighted by Gasteiger charge is 2.30. The molecule has 1 saturated heterocycles. The van der Waals surface area contributed by atoms with Crippen molar-refractivity contribution in [1.82, 2.24) is 19.9 Å². The molecule has 0 radical (unpaired) electrons. The number of aromatic nitrogens is 3. The average molecular weight is 453 g/mol.